The molecular formula is C14H18N2O5. The van der Waals surface area contributed by atoms with Crippen molar-refractivity contribution in [2.75, 3.05) is 0 Å². The third-order valence-electron chi connectivity index (χ3n) is 2.80. The number of hydrogen-bond donors (Lipinski definition) is 3. The molecule has 7 nitrogen and oxygen atoms in total. The summed E-state index contributed by atoms with van der Waals surface area (Å²) >= 11 is 0. The third-order valence-corrected chi connectivity index (χ3v) is 2.80. The summed E-state index contributed by atoms with van der Waals surface area (Å²) in [6, 6.07) is -0.411. The number of carbonyl (C=O) groups is 3. The van der Waals surface area contributed by atoms with Crippen LogP contribution in [0.15, 0.2) is 35.7 Å². The van der Waals surface area contributed by atoms with Gasteiger partial charge in [0.2, 0.25) is 5.91 Å². The van der Waals surface area contributed by atoms with Gasteiger partial charge in [-0.1, -0.05) is 6.08 Å². The van der Waals surface area contributed by atoms with Crippen molar-refractivity contribution >= 4 is 17.8 Å². The second-order valence-corrected chi connectivity index (χ2v) is 4.47. The molecule has 21 heavy (non-hydrogen) atoms. The van der Waals surface area contributed by atoms with Crippen molar-refractivity contribution in [3.63, 3.8) is 0 Å². The minimum Gasteiger partial charge on any atom is -0.480 e. The molecule has 0 aliphatic heterocycles. The minimum atomic E-state index is -1.13. The quantitative estimate of drug-likeness (QED) is 0.618. The number of amides is 2. The summed E-state index contributed by atoms with van der Waals surface area (Å²) in [7, 11) is 0. The highest BCUT2D eigenvalue weighted by Crippen LogP contribution is 2.02. The van der Waals surface area contributed by atoms with E-state index >= 15 is 0 Å². The number of rotatable bonds is 8. The first kappa shape index (κ1) is 16.5. The van der Waals surface area contributed by atoms with E-state index in [2.05, 4.69) is 17.2 Å². The second-order valence-electron chi connectivity index (χ2n) is 4.47. The number of nitrogens with one attached hydrogen (secondary N) is 2. The molecule has 0 aliphatic rings. The predicted octanol–water partition coefficient (Wildman–Crippen LogP) is 0.933. The van der Waals surface area contributed by atoms with Gasteiger partial charge in [-0.25, -0.2) is 4.79 Å². The molecule has 7 heteroatoms. The summed E-state index contributed by atoms with van der Waals surface area (Å²) < 4.78 is 4.77. The molecule has 1 aromatic heterocycles. The fraction of sp³-hybridized carbons (Fsp3) is 0.357. The minimum absolute atomic E-state index is 0.243. The number of carboxylic acids is 1. The average Bonchev–Trinajstić information content (AvgIpc) is 2.96. The van der Waals surface area contributed by atoms with Crippen LogP contribution >= 0.6 is 0 Å². The molecule has 1 rings (SSSR count). The van der Waals surface area contributed by atoms with Gasteiger partial charge < -0.3 is 20.2 Å². The first-order chi connectivity index (χ1) is 9.95. The predicted molar refractivity (Wildman–Crippen MR) is 74.6 cm³/mol. The Labute approximate surface area is 122 Å². The van der Waals surface area contributed by atoms with Gasteiger partial charge in [0.05, 0.1) is 11.8 Å². The van der Waals surface area contributed by atoms with Crippen LogP contribution in [0, 0.1) is 0 Å². The molecule has 114 valence electrons. The molecule has 0 spiro atoms. The summed E-state index contributed by atoms with van der Waals surface area (Å²) in [5.41, 5.74) is 0.288. The summed E-state index contributed by atoms with van der Waals surface area (Å²) in [6.07, 6.45) is 4.88. The molecular weight excluding hydrogens is 276 g/mol. The van der Waals surface area contributed by atoms with E-state index in [9.17, 15) is 14.4 Å². The molecule has 3 N–H and O–H groups in total. The summed E-state index contributed by atoms with van der Waals surface area (Å²) in [4.78, 5) is 34.6. The average molecular weight is 294 g/mol. The third kappa shape index (κ3) is 5.13. The van der Waals surface area contributed by atoms with Gasteiger partial charge in [-0.05, 0) is 25.8 Å². The van der Waals surface area contributed by atoms with E-state index in [4.69, 9.17) is 9.52 Å². The fourth-order valence-corrected chi connectivity index (χ4v) is 1.58. The lowest BCUT2D eigenvalue weighted by Gasteiger charge is -2.18. The zero-order valence-corrected chi connectivity index (χ0v) is 11.7. The van der Waals surface area contributed by atoms with Crippen LogP contribution in [0.4, 0.5) is 0 Å². The maximum atomic E-state index is 11.9. The Balaban J connectivity index is 2.54. The summed E-state index contributed by atoms with van der Waals surface area (Å²) in [5.74, 6) is -2.16. The lowest BCUT2D eigenvalue weighted by molar-refractivity contribution is -0.142. The van der Waals surface area contributed by atoms with E-state index in [1.807, 2.05) is 0 Å². The van der Waals surface area contributed by atoms with Crippen LogP contribution in [0.5, 0.6) is 0 Å². The van der Waals surface area contributed by atoms with Gasteiger partial charge in [0.15, 0.2) is 0 Å². The van der Waals surface area contributed by atoms with E-state index in [1.165, 1.54) is 25.5 Å². The second kappa shape index (κ2) is 7.88. The van der Waals surface area contributed by atoms with Gasteiger partial charge in [0.25, 0.3) is 5.91 Å². The topological polar surface area (TPSA) is 109 Å². The van der Waals surface area contributed by atoms with Gasteiger partial charge in [-0.2, -0.15) is 0 Å². The molecule has 1 heterocycles. The zero-order valence-electron chi connectivity index (χ0n) is 11.7. The van der Waals surface area contributed by atoms with Crippen LogP contribution in [-0.4, -0.2) is 35.0 Å². The molecule has 2 amide bonds. The standard InChI is InChI=1S/C14H18N2O5/c1-3-4-5-11(14(19)20)16-12(17)9(2)15-13(18)10-6-7-21-8-10/h3,6-9,11H,1,4-5H2,2H3,(H,15,18)(H,16,17)(H,19,20). The van der Waals surface area contributed by atoms with Gasteiger partial charge in [0, 0.05) is 0 Å². The highest BCUT2D eigenvalue weighted by atomic mass is 16.4. The first-order valence-electron chi connectivity index (χ1n) is 6.42. The van der Waals surface area contributed by atoms with Crippen molar-refractivity contribution in [1.82, 2.24) is 10.6 Å². The smallest absolute Gasteiger partial charge is 0.326 e. The molecule has 2 unspecified atom stereocenters. The van der Waals surface area contributed by atoms with Crippen molar-refractivity contribution in [3.05, 3.63) is 36.8 Å². The van der Waals surface area contributed by atoms with Crippen LogP contribution in [0.1, 0.15) is 30.1 Å². The van der Waals surface area contributed by atoms with Crippen LogP contribution in [0.25, 0.3) is 0 Å². The van der Waals surface area contributed by atoms with Crippen LogP contribution in [0.2, 0.25) is 0 Å². The summed E-state index contributed by atoms with van der Waals surface area (Å²) in [6.45, 7) is 4.97. The molecule has 0 radical (unpaired) electrons. The molecule has 2 atom stereocenters. The highest BCUT2D eigenvalue weighted by Gasteiger charge is 2.23. The van der Waals surface area contributed by atoms with Crippen molar-refractivity contribution in [2.45, 2.75) is 31.8 Å². The van der Waals surface area contributed by atoms with E-state index in [-0.39, 0.29) is 12.0 Å². The van der Waals surface area contributed by atoms with Crippen LogP contribution in [0.3, 0.4) is 0 Å². The van der Waals surface area contributed by atoms with Gasteiger partial charge in [-0.15, -0.1) is 6.58 Å². The molecule has 0 bridgehead atoms. The molecule has 0 aromatic carbocycles. The van der Waals surface area contributed by atoms with Crippen LogP contribution in [-0.2, 0) is 9.59 Å². The van der Waals surface area contributed by atoms with E-state index in [0.29, 0.717) is 6.42 Å². The number of carboxylic acid groups (broad SMARTS) is 1. The first-order valence-corrected chi connectivity index (χ1v) is 6.42. The number of aliphatic carboxylic acids is 1. The lowest BCUT2D eigenvalue weighted by Crippen LogP contribution is -2.50. The Bertz CT molecular complexity index is 509. The van der Waals surface area contributed by atoms with Crippen molar-refractivity contribution in [2.24, 2.45) is 0 Å². The molecule has 1 aromatic rings. The Morgan fingerprint density at radius 2 is 2.14 bits per heavy atom. The molecule has 0 saturated carbocycles. The van der Waals surface area contributed by atoms with Crippen molar-refractivity contribution < 1.29 is 23.9 Å². The largest absolute Gasteiger partial charge is 0.480 e. The number of allylic oxidation sites excluding steroid dienone is 1. The maximum absolute atomic E-state index is 11.9. The molecule has 0 fully saturated rings. The number of carbonyl (C=O) groups excluding carboxylic acids is 2. The lowest BCUT2D eigenvalue weighted by atomic mass is 10.1. The zero-order chi connectivity index (χ0) is 15.8. The number of hydrogen-bond acceptors (Lipinski definition) is 4. The van der Waals surface area contributed by atoms with E-state index < -0.39 is 29.9 Å². The number of furan rings is 1. The normalized spacial score (nSPS) is 13.0. The Morgan fingerprint density at radius 3 is 2.67 bits per heavy atom. The SMILES string of the molecule is C=CCCC(NC(=O)C(C)NC(=O)c1ccoc1)C(=O)O. The molecule has 0 saturated heterocycles. The monoisotopic (exact) mass is 294 g/mol. The van der Waals surface area contributed by atoms with E-state index in [1.54, 1.807) is 6.08 Å². The van der Waals surface area contributed by atoms with Gasteiger partial charge >= 0.3 is 5.97 Å². The van der Waals surface area contributed by atoms with Crippen molar-refractivity contribution in [1.29, 1.82) is 0 Å². The molecule has 0 aliphatic carbocycles. The fourth-order valence-electron chi connectivity index (χ4n) is 1.58. The summed E-state index contributed by atoms with van der Waals surface area (Å²) in [5, 5.41) is 13.8. The Kier molecular flexibility index (Phi) is 6.19. The maximum Gasteiger partial charge on any atom is 0.326 e. The van der Waals surface area contributed by atoms with Crippen molar-refractivity contribution in [3.8, 4) is 0 Å². The van der Waals surface area contributed by atoms with Gasteiger partial charge in [-0.3, -0.25) is 9.59 Å². The van der Waals surface area contributed by atoms with Gasteiger partial charge in [0.1, 0.15) is 18.3 Å². The highest BCUT2D eigenvalue weighted by molar-refractivity contribution is 5.97. The van der Waals surface area contributed by atoms with E-state index in [0.717, 1.165) is 0 Å². The Hall–Kier alpha value is -2.57. The van der Waals surface area contributed by atoms with Crippen LogP contribution < -0.4 is 10.6 Å². The Morgan fingerprint density at radius 1 is 1.43 bits per heavy atom.